The summed E-state index contributed by atoms with van der Waals surface area (Å²) >= 11 is 13.5. The summed E-state index contributed by atoms with van der Waals surface area (Å²) in [5.74, 6) is 0. The molecule has 0 spiro atoms. The molecule has 0 amide bonds. The van der Waals surface area contributed by atoms with Gasteiger partial charge in [-0.15, -0.1) is 0 Å². The Bertz CT molecular complexity index is 618. The van der Waals surface area contributed by atoms with Crippen LogP contribution in [0.15, 0.2) is 46.9 Å². The molecule has 2 aromatic carbocycles. The lowest BCUT2D eigenvalue weighted by atomic mass is 9.82. The molecule has 1 atom stereocenters. The lowest BCUT2D eigenvalue weighted by molar-refractivity contribution is 0.506. The smallest absolute Gasteiger partial charge is 0.0656 e. The van der Waals surface area contributed by atoms with E-state index in [1.54, 1.807) is 0 Å². The molecule has 3 heteroatoms. The van der Waals surface area contributed by atoms with Gasteiger partial charge in [0, 0.05) is 9.50 Å². The van der Waals surface area contributed by atoms with Crippen molar-refractivity contribution in [1.29, 1.82) is 0 Å². The molecular formula is C18H19Br2Cl. The van der Waals surface area contributed by atoms with E-state index in [4.69, 9.17) is 11.6 Å². The molecule has 112 valence electrons. The lowest BCUT2D eigenvalue weighted by Gasteiger charge is -2.24. The molecule has 0 aliphatic carbocycles. The molecule has 2 rings (SSSR count). The molecule has 0 saturated heterocycles. The van der Waals surface area contributed by atoms with E-state index in [9.17, 15) is 0 Å². The van der Waals surface area contributed by atoms with E-state index in [2.05, 4.69) is 76.9 Å². The Morgan fingerprint density at radius 1 is 1.10 bits per heavy atom. The number of halogens is 3. The number of rotatable bonds is 4. The van der Waals surface area contributed by atoms with Crippen LogP contribution in [0.25, 0.3) is 0 Å². The normalized spacial score (nSPS) is 13.2. The van der Waals surface area contributed by atoms with Crippen LogP contribution in [0.1, 0.15) is 48.7 Å². The van der Waals surface area contributed by atoms with E-state index < -0.39 is 0 Å². The number of hydrogen-bond acceptors (Lipinski definition) is 0. The van der Waals surface area contributed by atoms with Crippen LogP contribution in [-0.2, 0) is 5.41 Å². The summed E-state index contributed by atoms with van der Waals surface area (Å²) in [6, 6.07) is 14.7. The van der Waals surface area contributed by atoms with Crippen LogP contribution in [0, 0.1) is 0 Å². The molecule has 0 saturated carbocycles. The van der Waals surface area contributed by atoms with Crippen LogP contribution in [0.5, 0.6) is 0 Å². The summed E-state index contributed by atoms with van der Waals surface area (Å²) in [5.41, 5.74) is 3.97. The first-order chi connectivity index (χ1) is 9.85. The highest BCUT2D eigenvalue weighted by atomic mass is 79.9. The maximum atomic E-state index is 6.11. The maximum Gasteiger partial charge on any atom is 0.0656 e. The standard InChI is InChI=1S/C18H19Br2Cl/c1-4-18(2,3)13-7-5-12(6-8-13)17(20)15-11-14(21)9-10-16(15)19/h5-11,17H,4H2,1-3H3. The second-order valence-corrected chi connectivity index (χ2v) is 8.09. The monoisotopic (exact) mass is 428 g/mol. The van der Waals surface area contributed by atoms with Crippen LogP contribution in [0.2, 0.25) is 5.02 Å². The van der Waals surface area contributed by atoms with E-state index in [1.807, 2.05) is 18.2 Å². The molecule has 0 aliphatic rings. The first-order valence-corrected chi connectivity index (χ1v) is 9.13. The van der Waals surface area contributed by atoms with E-state index in [0.717, 1.165) is 21.5 Å². The fraction of sp³-hybridized carbons (Fsp3) is 0.333. The molecule has 2 aromatic rings. The third-order valence-electron chi connectivity index (χ3n) is 4.10. The molecule has 0 nitrogen and oxygen atoms in total. The Morgan fingerprint density at radius 2 is 1.71 bits per heavy atom. The van der Waals surface area contributed by atoms with Gasteiger partial charge in [-0.05, 0) is 46.7 Å². The number of hydrogen-bond donors (Lipinski definition) is 0. The molecular weight excluding hydrogens is 411 g/mol. The molecule has 0 bridgehead atoms. The first-order valence-electron chi connectivity index (χ1n) is 7.04. The molecule has 21 heavy (non-hydrogen) atoms. The van der Waals surface area contributed by atoms with Crippen LogP contribution < -0.4 is 0 Å². The SMILES string of the molecule is CCC(C)(C)c1ccc(C(Br)c2cc(Cl)ccc2Br)cc1. The minimum absolute atomic E-state index is 0.129. The van der Waals surface area contributed by atoms with Crippen molar-refractivity contribution in [3.05, 3.63) is 68.7 Å². The van der Waals surface area contributed by atoms with Crippen molar-refractivity contribution in [2.75, 3.05) is 0 Å². The van der Waals surface area contributed by atoms with Gasteiger partial charge in [-0.3, -0.25) is 0 Å². The summed E-state index contributed by atoms with van der Waals surface area (Å²) in [6.45, 7) is 6.78. The average molecular weight is 431 g/mol. The second-order valence-electron chi connectivity index (χ2n) is 5.89. The Kier molecular flexibility index (Phi) is 5.56. The molecule has 0 radical (unpaired) electrons. The fourth-order valence-electron chi connectivity index (χ4n) is 2.20. The average Bonchev–Trinajstić information content (AvgIpc) is 2.49. The summed E-state index contributed by atoms with van der Waals surface area (Å²) in [7, 11) is 0. The Morgan fingerprint density at radius 3 is 2.29 bits per heavy atom. The fourth-order valence-corrected chi connectivity index (χ4v) is 3.84. The Labute approximate surface area is 149 Å². The Balaban J connectivity index is 2.32. The zero-order chi connectivity index (χ0) is 15.6. The van der Waals surface area contributed by atoms with E-state index in [-0.39, 0.29) is 10.2 Å². The predicted octanol–water partition coefficient (Wildman–Crippen LogP) is 7.27. The van der Waals surface area contributed by atoms with Gasteiger partial charge >= 0.3 is 0 Å². The van der Waals surface area contributed by atoms with E-state index in [0.29, 0.717) is 0 Å². The van der Waals surface area contributed by atoms with Crippen molar-refractivity contribution < 1.29 is 0 Å². The van der Waals surface area contributed by atoms with Crippen molar-refractivity contribution in [2.45, 2.75) is 37.4 Å². The third kappa shape index (κ3) is 3.91. The van der Waals surface area contributed by atoms with E-state index in [1.165, 1.54) is 11.1 Å². The largest absolute Gasteiger partial charge is 0.0843 e. The van der Waals surface area contributed by atoms with Crippen molar-refractivity contribution in [1.82, 2.24) is 0 Å². The van der Waals surface area contributed by atoms with Gasteiger partial charge in [-0.2, -0.15) is 0 Å². The van der Waals surface area contributed by atoms with Crippen LogP contribution in [0.3, 0.4) is 0 Å². The highest BCUT2D eigenvalue weighted by molar-refractivity contribution is 9.11. The summed E-state index contributed by atoms with van der Waals surface area (Å²) in [5, 5.41) is 0.751. The molecule has 0 aromatic heterocycles. The van der Waals surface area contributed by atoms with Gasteiger partial charge in [0.25, 0.3) is 0 Å². The predicted molar refractivity (Wildman–Crippen MR) is 99.7 cm³/mol. The van der Waals surface area contributed by atoms with Crippen molar-refractivity contribution >= 4 is 43.5 Å². The highest BCUT2D eigenvalue weighted by Gasteiger charge is 2.19. The molecule has 0 aliphatic heterocycles. The molecule has 0 heterocycles. The van der Waals surface area contributed by atoms with Gasteiger partial charge in [0.2, 0.25) is 0 Å². The van der Waals surface area contributed by atoms with Gasteiger partial charge in [0.15, 0.2) is 0 Å². The third-order valence-corrected chi connectivity index (χ3v) is 6.08. The van der Waals surface area contributed by atoms with Gasteiger partial charge < -0.3 is 0 Å². The minimum Gasteiger partial charge on any atom is -0.0843 e. The highest BCUT2D eigenvalue weighted by Crippen LogP contribution is 2.37. The summed E-state index contributed by atoms with van der Waals surface area (Å²) < 4.78 is 1.06. The summed E-state index contributed by atoms with van der Waals surface area (Å²) in [4.78, 5) is 0.129. The topological polar surface area (TPSA) is 0 Å². The van der Waals surface area contributed by atoms with Crippen molar-refractivity contribution in [2.24, 2.45) is 0 Å². The molecule has 0 N–H and O–H groups in total. The van der Waals surface area contributed by atoms with Gasteiger partial charge in [-0.25, -0.2) is 0 Å². The first kappa shape index (κ1) is 17.1. The second kappa shape index (κ2) is 6.85. The number of benzene rings is 2. The minimum atomic E-state index is 0.129. The zero-order valence-corrected chi connectivity index (χ0v) is 16.4. The van der Waals surface area contributed by atoms with Crippen molar-refractivity contribution in [3.63, 3.8) is 0 Å². The van der Waals surface area contributed by atoms with Crippen LogP contribution in [0.4, 0.5) is 0 Å². The van der Waals surface area contributed by atoms with Crippen LogP contribution >= 0.6 is 43.5 Å². The Hall–Kier alpha value is -0.310. The molecule has 0 fully saturated rings. The van der Waals surface area contributed by atoms with Gasteiger partial charge in [0.05, 0.1) is 4.83 Å². The summed E-state index contributed by atoms with van der Waals surface area (Å²) in [6.07, 6.45) is 1.13. The van der Waals surface area contributed by atoms with Gasteiger partial charge in [-0.1, -0.05) is 88.5 Å². The van der Waals surface area contributed by atoms with Gasteiger partial charge in [0.1, 0.15) is 0 Å². The quantitative estimate of drug-likeness (QED) is 0.447. The van der Waals surface area contributed by atoms with E-state index >= 15 is 0 Å². The van der Waals surface area contributed by atoms with Crippen molar-refractivity contribution in [3.8, 4) is 0 Å². The molecule has 1 unspecified atom stereocenters. The van der Waals surface area contributed by atoms with Crippen LogP contribution in [-0.4, -0.2) is 0 Å². The number of alkyl halides is 1. The zero-order valence-electron chi connectivity index (χ0n) is 12.5. The lowest BCUT2D eigenvalue weighted by Crippen LogP contribution is -2.15. The maximum absolute atomic E-state index is 6.11.